The van der Waals surface area contributed by atoms with Crippen LogP contribution in [0.1, 0.15) is 53.0 Å². The number of aliphatic imine (C=N–C) groups is 1. The third-order valence-electron chi connectivity index (χ3n) is 6.48. The van der Waals surface area contributed by atoms with Crippen molar-refractivity contribution in [1.29, 1.82) is 0 Å². The summed E-state index contributed by atoms with van der Waals surface area (Å²) in [5.41, 5.74) is 1.13. The van der Waals surface area contributed by atoms with E-state index in [9.17, 15) is 9.18 Å². The van der Waals surface area contributed by atoms with Crippen molar-refractivity contribution in [2.24, 2.45) is 4.99 Å². The molecule has 0 saturated carbocycles. The molecule has 6 nitrogen and oxygen atoms in total. The van der Waals surface area contributed by atoms with Crippen LogP contribution >= 0.6 is 0 Å². The van der Waals surface area contributed by atoms with Crippen LogP contribution in [-0.2, 0) is 6.54 Å². The van der Waals surface area contributed by atoms with Crippen LogP contribution in [-0.4, -0.2) is 47.0 Å². The second-order valence-corrected chi connectivity index (χ2v) is 9.98. The Bertz CT molecular complexity index is 1070. The highest BCUT2D eigenvalue weighted by Crippen LogP contribution is 2.41. The Morgan fingerprint density at radius 3 is 2.62 bits per heavy atom. The predicted molar refractivity (Wildman–Crippen MR) is 134 cm³/mol. The maximum Gasteiger partial charge on any atom is 0.350 e. The third kappa shape index (κ3) is 4.94. The van der Waals surface area contributed by atoms with Crippen LogP contribution in [0, 0.1) is 5.82 Å². The average molecular weight is 467 g/mol. The predicted octanol–water partition coefficient (Wildman–Crippen LogP) is 5.37. The highest BCUT2D eigenvalue weighted by atomic mass is 19.1. The van der Waals surface area contributed by atoms with Gasteiger partial charge in [0.25, 0.3) is 0 Å². The minimum absolute atomic E-state index is 0.129. The lowest BCUT2D eigenvalue weighted by Crippen LogP contribution is -2.63. The van der Waals surface area contributed by atoms with E-state index in [2.05, 4.69) is 34.3 Å². The number of nitrogens with zero attached hydrogens (tertiary/aromatic N) is 3. The van der Waals surface area contributed by atoms with Gasteiger partial charge in [-0.2, -0.15) is 4.99 Å². The minimum atomic E-state index is -0.617. The number of halogens is 1. The Kier molecular flexibility index (Phi) is 6.94. The monoisotopic (exact) mass is 466 g/mol. The lowest BCUT2D eigenvalue weighted by molar-refractivity contribution is 0.122. The quantitative estimate of drug-likeness (QED) is 0.622. The molecular formula is C27H35FN4O2. The number of amidine groups is 1. The molecule has 2 atom stereocenters. The van der Waals surface area contributed by atoms with E-state index in [1.807, 2.05) is 39.8 Å². The van der Waals surface area contributed by atoms with Crippen LogP contribution in [0.5, 0.6) is 5.75 Å². The number of nitrogens with one attached hydrogen (secondary N) is 1. The SMILES string of the molecule is CC(C)NC1=NC(=O)N(c2cccc(F)c2)C12CCN(Cc1cccc(OC(C)C)c1)C(C)C2. The standard InChI is InChI=1S/C27H35FN4O2/c1-18(2)29-25-27(32(26(33)30-25)23-10-7-9-22(28)15-23)12-13-31(20(5)16-27)17-21-8-6-11-24(14-21)34-19(3)4/h6-11,14-15,18-20H,12-13,16-17H2,1-5H3,(H,29,30,33). The van der Waals surface area contributed by atoms with E-state index in [4.69, 9.17) is 4.74 Å². The molecule has 0 bridgehead atoms. The highest BCUT2D eigenvalue weighted by Gasteiger charge is 2.53. The summed E-state index contributed by atoms with van der Waals surface area (Å²) in [6.07, 6.45) is 1.54. The van der Waals surface area contributed by atoms with Gasteiger partial charge in [-0.1, -0.05) is 18.2 Å². The molecule has 2 unspecified atom stereocenters. The van der Waals surface area contributed by atoms with Gasteiger partial charge in [0, 0.05) is 30.9 Å². The first-order valence-electron chi connectivity index (χ1n) is 12.1. The molecule has 182 valence electrons. The second kappa shape index (κ2) is 9.74. The number of carbonyl (C=O) groups is 1. The number of benzene rings is 2. The number of hydrogen-bond donors (Lipinski definition) is 1. The summed E-state index contributed by atoms with van der Waals surface area (Å²) >= 11 is 0. The summed E-state index contributed by atoms with van der Waals surface area (Å²) in [4.78, 5) is 21.6. The summed E-state index contributed by atoms with van der Waals surface area (Å²) < 4.78 is 20.0. The smallest absolute Gasteiger partial charge is 0.350 e. The van der Waals surface area contributed by atoms with E-state index in [1.165, 1.54) is 17.7 Å². The van der Waals surface area contributed by atoms with Crippen molar-refractivity contribution in [2.75, 3.05) is 11.4 Å². The molecule has 2 heterocycles. The van der Waals surface area contributed by atoms with Crippen molar-refractivity contribution < 1.29 is 13.9 Å². The Labute approximate surface area is 201 Å². The van der Waals surface area contributed by atoms with Gasteiger partial charge in [0.15, 0.2) is 0 Å². The molecule has 0 aliphatic carbocycles. The molecule has 0 aromatic heterocycles. The molecule has 1 fully saturated rings. The molecular weight excluding hydrogens is 431 g/mol. The number of hydrogen-bond acceptors (Lipinski definition) is 4. The molecule has 2 aromatic carbocycles. The number of amides is 2. The molecule has 4 rings (SSSR count). The Morgan fingerprint density at radius 1 is 1.18 bits per heavy atom. The first kappa shape index (κ1) is 24.2. The van der Waals surface area contributed by atoms with Crippen molar-refractivity contribution in [3.8, 4) is 5.75 Å². The summed E-state index contributed by atoms with van der Waals surface area (Å²) in [6.45, 7) is 11.9. The molecule has 1 spiro atoms. The van der Waals surface area contributed by atoms with Crippen molar-refractivity contribution in [3.05, 3.63) is 59.9 Å². The zero-order valence-corrected chi connectivity index (χ0v) is 20.7. The maximum atomic E-state index is 14.1. The Hall–Kier alpha value is -2.93. The lowest BCUT2D eigenvalue weighted by Gasteiger charge is -2.48. The Balaban J connectivity index is 1.59. The number of anilines is 1. The molecule has 2 aromatic rings. The van der Waals surface area contributed by atoms with E-state index in [1.54, 1.807) is 17.0 Å². The van der Waals surface area contributed by atoms with Crippen LogP contribution in [0.15, 0.2) is 53.5 Å². The molecule has 7 heteroatoms. The fraction of sp³-hybridized carbons (Fsp3) is 0.481. The maximum absolute atomic E-state index is 14.1. The van der Waals surface area contributed by atoms with Gasteiger partial charge >= 0.3 is 6.03 Å². The number of carbonyl (C=O) groups excluding carboxylic acids is 1. The van der Waals surface area contributed by atoms with Crippen molar-refractivity contribution in [3.63, 3.8) is 0 Å². The van der Waals surface area contributed by atoms with Gasteiger partial charge in [0.2, 0.25) is 0 Å². The fourth-order valence-corrected chi connectivity index (χ4v) is 5.10. The number of urea groups is 1. The van der Waals surface area contributed by atoms with Gasteiger partial charge in [-0.25, -0.2) is 9.18 Å². The zero-order valence-electron chi connectivity index (χ0n) is 20.7. The van der Waals surface area contributed by atoms with E-state index in [0.29, 0.717) is 24.4 Å². The van der Waals surface area contributed by atoms with Gasteiger partial charge in [-0.3, -0.25) is 9.80 Å². The van der Waals surface area contributed by atoms with E-state index < -0.39 is 5.54 Å². The zero-order chi connectivity index (χ0) is 24.5. The molecule has 2 aliphatic heterocycles. The number of likely N-dealkylation sites (tertiary alicyclic amines) is 1. The molecule has 34 heavy (non-hydrogen) atoms. The van der Waals surface area contributed by atoms with Gasteiger partial charge in [-0.15, -0.1) is 0 Å². The molecule has 0 radical (unpaired) electrons. The van der Waals surface area contributed by atoms with Crippen LogP contribution in [0.2, 0.25) is 0 Å². The van der Waals surface area contributed by atoms with Crippen LogP contribution in [0.25, 0.3) is 0 Å². The van der Waals surface area contributed by atoms with Gasteiger partial charge in [-0.05, 0) is 83.4 Å². The van der Waals surface area contributed by atoms with Crippen molar-refractivity contribution in [2.45, 2.75) is 77.7 Å². The van der Waals surface area contributed by atoms with Gasteiger partial charge in [0.1, 0.15) is 22.9 Å². The van der Waals surface area contributed by atoms with Crippen LogP contribution < -0.4 is 15.0 Å². The molecule has 1 N–H and O–H groups in total. The largest absolute Gasteiger partial charge is 0.491 e. The van der Waals surface area contributed by atoms with E-state index in [0.717, 1.165) is 18.8 Å². The third-order valence-corrected chi connectivity index (χ3v) is 6.48. The van der Waals surface area contributed by atoms with Gasteiger partial charge in [0.05, 0.1) is 6.10 Å². The number of ether oxygens (including phenoxy) is 1. The number of piperidine rings is 1. The molecule has 1 saturated heterocycles. The lowest BCUT2D eigenvalue weighted by atomic mass is 9.80. The number of rotatable bonds is 6. The summed E-state index contributed by atoms with van der Waals surface area (Å²) in [5.74, 6) is 1.21. The Morgan fingerprint density at radius 2 is 1.94 bits per heavy atom. The van der Waals surface area contributed by atoms with Crippen molar-refractivity contribution >= 4 is 17.6 Å². The van der Waals surface area contributed by atoms with Crippen LogP contribution in [0.4, 0.5) is 14.9 Å². The normalized spacial score (nSPS) is 23.2. The summed E-state index contributed by atoms with van der Waals surface area (Å²) in [6, 6.07) is 14.5. The molecule has 2 aliphatic rings. The summed E-state index contributed by atoms with van der Waals surface area (Å²) in [5, 5.41) is 3.42. The fourth-order valence-electron chi connectivity index (χ4n) is 5.10. The average Bonchev–Trinajstić information content (AvgIpc) is 2.99. The second-order valence-electron chi connectivity index (χ2n) is 9.98. The minimum Gasteiger partial charge on any atom is -0.491 e. The topological polar surface area (TPSA) is 57.2 Å². The van der Waals surface area contributed by atoms with Crippen molar-refractivity contribution in [1.82, 2.24) is 10.2 Å². The highest BCUT2D eigenvalue weighted by molar-refractivity contribution is 6.16. The van der Waals surface area contributed by atoms with E-state index >= 15 is 0 Å². The van der Waals surface area contributed by atoms with E-state index in [-0.39, 0.29) is 30.0 Å². The molecule has 2 amide bonds. The summed E-state index contributed by atoms with van der Waals surface area (Å²) in [7, 11) is 0. The first-order chi connectivity index (χ1) is 16.2. The van der Waals surface area contributed by atoms with Gasteiger partial charge < -0.3 is 10.1 Å². The van der Waals surface area contributed by atoms with Crippen LogP contribution in [0.3, 0.4) is 0 Å². The first-order valence-corrected chi connectivity index (χ1v) is 12.1.